The summed E-state index contributed by atoms with van der Waals surface area (Å²) in [4.78, 5) is 13.9. The topological polar surface area (TPSA) is 41.6 Å². The van der Waals surface area contributed by atoms with Gasteiger partial charge in [0.1, 0.15) is 0 Å². The fourth-order valence-electron chi connectivity index (χ4n) is 1.75. The third-order valence-electron chi connectivity index (χ3n) is 2.82. The van der Waals surface area contributed by atoms with Crippen LogP contribution >= 0.6 is 0 Å². The molecule has 1 rings (SSSR count). The van der Waals surface area contributed by atoms with Gasteiger partial charge >= 0.3 is 0 Å². The first kappa shape index (κ1) is 14.5. The van der Waals surface area contributed by atoms with Gasteiger partial charge in [0.05, 0.1) is 6.61 Å². The second-order valence-corrected chi connectivity index (χ2v) is 4.28. The highest BCUT2D eigenvalue weighted by Crippen LogP contribution is 2.16. The largest absolute Gasteiger partial charge is 0.385 e. The SMILES string of the molecule is CCNc1ccc(C(=O)N(C)CCOC)c(C)c1. The van der Waals surface area contributed by atoms with E-state index in [2.05, 4.69) is 5.32 Å². The van der Waals surface area contributed by atoms with Gasteiger partial charge in [-0.15, -0.1) is 0 Å². The highest BCUT2D eigenvalue weighted by molar-refractivity contribution is 5.95. The van der Waals surface area contributed by atoms with E-state index in [-0.39, 0.29) is 5.91 Å². The van der Waals surface area contributed by atoms with Gasteiger partial charge in [-0.3, -0.25) is 4.79 Å². The lowest BCUT2D eigenvalue weighted by Gasteiger charge is -2.18. The quantitative estimate of drug-likeness (QED) is 0.841. The number of hydrogen-bond acceptors (Lipinski definition) is 3. The fraction of sp³-hybridized carbons (Fsp3) is 0.500. The van der Waals surface area contributed by atoms with Crippen molar-refractivity contribution in [3.8, 4) is 0 Å². The monoisotopic (exact) mass is 250 g/mol. The molecule has 0 heterocycles. The Morgan fingerprint density at radius 1 is 1.44 bits per heavy atom. The van der Waals surface area contributed by atoms with Gasteiger partial charge in [0.2, 0.25) is 0 Å². The normalized spacial score (nSPS) is 10.2. The fourth-order valence-corrected chi connectivity index (χ4v) is 1.75. The van der Waals surface area contributed by atoms with Crippen molar-refractivity contribution in [1.29, 1.82) is 0 Å². The second-order valence-electron chi connectivity index (χ2n) is 4.28. The minimum atomic E-state index is 0.0348. The van der Waals surface area contributed by atoms with Gasteiger partial charge in [-0.25, -0.2) is 0 Å². The molecule has 0 aliphatic rings. The van der Waals surface area contributed by atoms with Gasteiger partial charge < -0.3 is 15.0 Å². The molecule has 0 radical (unpaired) electrons. The van der Waals surface area contributed by atoms with E-state index in [0.29, 0.717) is 13.2 Å². The molecule has 0 saturated heterocycles. The van der Waals surface area contributed by atoms with E-state index in [0.717, 1.165) is 23.4 Å². The first-order valence-corrected chi connectivity index (χ1v) is 6.19. The third kappa shape index (κ3) is 3.74. The molecule has 0 spiro atoms. The zero-order valence-electron chi connectivity index (χ0n) is 11.6. The van der Waals surface area contributed by atoms with Crippen molar-refractivity contribution >= 4 is 11.6 Å². The van der Waals surface area contributed by atoms with E-state index in [1.54, 1.807) is 19.1 Å². The molecule has 1 amide bonds. The van der Waals surface area contributed by atoms with Crippen LogP contribution in [0.4, 0.5) is 5.69 Å². The maximum Gasteiger partial charge on any atom is 0.253 e. The molecule has 0 bridgehead atoms. The van der Waals surface area contributed by atoms with Crippen LogP contribution in [0, 0.1) is 6.92 Å². The predicted octanol–water partition coefficient (Wildman–Crippen LogP) is 2.15. The predicted molar refractivity (Wildman–Crippen MR) is 74.2 cm³/mol. The number of carbonyl (C=O) groups excluding carboxylic acids is 1. The second kappa shape index (κ2) is 7.01. The van der Waals surface area contributed by atoms with Crippen LogP contribution in [-0.4, -0.2) is 44.7 Å². The number of hydrogen-bond donors (Lipinski definition) is 1. The van der Waals surface area contributed by atoms with Crippen molar-refractivity contribution in [2.45, 2.75) is 13.8 Å². The van der Waals surface area contributed by atoms with Crippen molar-refractivity contribution in [3.05, 3.63) is 29.3 Å². The van der Waals surface area contributed by atoms with Crippen LogP contribution in [0.2, 0.25) is 0 Å². The van der Waals surface area contributed by atoms with E-state index >= 15 is 0 Å². The van der Waals surface area contributed by atoms with Crippen molar-refractivity contribution in [1.82, 2.24) is 4.90 Å². The average Bonchev–Trinajstić information content (AvgIpc) is 2.35. The average molecular weight is 250 g/mol. The Balaban J connectivity index is 2.79. The maximum atomic E-state index is 12.2. The number of amides is 1. The number of methoxy groups -OCH3 is 1. The summed E-state index contributed by atoms with van der Waals surface area (Å²) >= 11 is 0. The van der Waals surface area contributed by atoms with Crippen LogP contribution < -0.4 is 5.32 Å². The Bertz CT molecular complexity index is 405. The van der Waals surface area contributed by atoms with E-state index in [1.165, 1.54) is 0 Å². The van der Waals surface area contributed by atoms with Crippen LogP contribution in [-0.2, 0) is 4.74 Å². The number of rotatable bonds is 6. The highest BCUT2D eigenvalue weighted by Gasteiger charge is 2.13. The van der Waals surface area contributed by atoms with Crippen LogP contribution in [0.1, 0.15) is 22.8 Å². The van der Waals surface area contributed by atoms with Crippen LogP contribution in [0.3, 0.4) is 0 Å². The Hall–Kier alpha value is -1.55. The van der Waals surface area contributed by atoms with Crippen molar-refractivity contribution in [2.75, 3.05) is 39.2 Å². The zero-order chi connectivity index (χ0) is 13.5. The standard InChI is InChI=1S/C14H22N2O2/c1-5-15-12-6-7-13(11(2)10-12)14(17)16(3)8-9-18-4/h6-7,10,15H,5,8-9H2,1-4H3. The Labute approximate surface area is 109 Å². The Morgan fingerprint density at radius 2 is 2.17 bits per heavy atom. The molecule has 0 unspecified atom stereocenters. The molecule has 0 atom stereocenters. The summed E-state index contributed by atoms with van der Waals surface area (Å²) in [5, 5.41) is 3.23. The summed E-state index contributed by atoms with van der Waals surface area (Å²) < 4.78 is 4.98. The number of aryl methyl sites for hydroxylation is 1. The number of ether oxygens (including phenoxy) is 1. The number of anilines is 1. The molecule has 1 aromatic carbocycles. The van der Waals surface area contributed by atoms with Crippen LogP contribution in [0.25, 0.3) is 0 Å². The molecule has 4 heteroatoms. The molecule has 100 valence electrons. The molecule has 0 fully saturated rings. The van der Waals surface area contributed by atoms with E-state index < -0.39 is 0 Å². The van der Waals surface area contributed by atoms with E-state index in [1.807, 2.05) is 32.0 Å². The number of nitrogens with one attached hydrogen (secondary N) is 1. The van der Waals surface area contributed by atoms with Crippen molar-refractivity contribution in [2.24, 2.45) is 0 Å². The highest BCUT2D eigenvalue weighted by atomic mass is 16.5. The third-order valence-corrected chi connectivity index (χ3v) is 2.82. The molecular formula is C14H22N2O2. The zero-order valence-corrected chi connectivity index (χ0v) is 11.6. The molecular weight excluding hydrogens is 228 g/mol. The molecule has 0 aromatic heterocycles. The molecule has 18 heavy (non-hydrogen) atoms. The van der Waals surface area contributed by atoms with Gasteiger partial charge in [-0.2, -0.15) is 0 Å². The smallest absolute Gasteiger partial charge is 0.253 e. The van der Waals surface area contributed by atoms with Gasteiger partial charge in [-0.1, -0.05) is 0 Å². The Morgan fingerprint density at radius 3 is 2.72 bits per heavy atom. The molecule has 0 saturated carbocycles. The first-order valence-electron chi connectivity index (χ1n) is 6.19. The lowest BCUT2D eigenvalue weighted by Crippen LogP contribution is -2.30. The summed E-state index contributed by atoms with van der Waals surface area (Å²) in [6, 6.07) is 5.81. The number of benzene rings is 1. The van der Waals surface area contributed by atoms with Gasteiger partial charge in [0.15, 0.2) is 0 Å². The number of nitrogens with zero attached hydrogens (tertiary/aromatic N) is 1. The van der Waals surface area contributed by atoms with Gasteiger partial charge in [0.25, 0.3) is 5.91 Å². The van der Waals surface area contributed by atoms with E-state index in [4.69, 9.17) is 4.74 Å². The molecule has 1 aromatic rings. The van der Waals surface area contributed by atoms with Crippen molar-refractivity contribution < 1.29 is 9.53 Å². The number of likely N-dealkylation sites (N-methyl/N-ethyl adjacent to an activating group) is 1. The summed E-state index contributed by atoms with van der Waals surface area (Å²) in [6.45, 7) is 6.03. The van der Waals surface area contributed by atoms with Gasteiger partial charge in [0, 0.05) is 38.5 Å². The maximum absolute atomic E-state index is 12.2. The lowest BCUT2D eigenvalue weighted by molar-refractivity contribution is 0.0743. The number of carbonyl (C=O) groups is 1. The van der Waals surface area contributed by atoms with Crippen molar-refractivity contribution in [3.63, 3.8) is 0 Å². The first-order chi connectivity index (χ1) is 8.60. The Kier molecular flexibility index (Phi) is 5.65. The molecule has 0 aliphatic carbocycles. The molecule has 1 N–H and O–H groups in total. The molecule has 0 aliphatic heterocycles. The summed E-state index contributed by atoms with van der Waals surface area (Å²) in [6.07, 6.45) is 0. The molecule has 4 nitrogen and oxygen atoms in total. The minimum Gasteiger partial charge on any atom is -0.385 e. The van der Waals surface area contributed by atoms with E-state index in [9.17, 15) is 4.79 Å². The lowest BCUT2D eigenvalue weighted by atomic mass is 10.1. The van der Waals surface area contributed by atoms with Crippen LogP contribution in [0.15, 0.2) is 18.2 Å². The van der Waals surface area contributed by atoms with Crippen LogP contribution in [0.5, 0.6) is 0 Å². The summed E-state index contributed by atoms with van der Waals surface area (Å²) in [7, 11) is 3.42. The summed E-state index contributed by atoms with van der Waals surface area (Å²) in [5.74, 6) is 0.0348. The minimum absolute atomic E-state index is 0.0348. The summed E-state index contributed by atoms with van der Waals surface area (Å²) in [5.41, 5.74) is 2.78. The van der Waals surface area contributed by atoms with Gasteiger partial charge in [-0.05, 0) is 37.6 Å².